The Balaban J connectivity index is 1.61. The molecule has 4 nitrogen and oxygen atoms in total. The first-order valence-corrected chi connectivity index (χ1v) is 7.17. The third-order valence-corrected chi connectivity index (χ3v) is 4.39. The quantitative estimate of drug-likeness (QED) is 0.888. The number of hydrogen-bond acceptors (Lipinski definition) is 3. The van der Waals surface area contributed by atoms with Gasteiger partial charge in [0.25, 0.3) is 0 Å². The van der Waals surface area contributed by atoms with Gasteiger partial charge >= 0.3 is 0 Å². The molecule has 3 rings (SSSR count). The maximum Gasteiger partial charge on any atom is 0.223 e. The standard InChI is InChI=1S/C15H21N3O/c1-11-8-12-9-16-10-14(12)18(11)15(19)6-5-13-4-2-3-7-17-13/h2-4,7,11-12,14,16H,5-6,8-10H2,1H3. The predicted molar refractivity (Wildman–Crippen MR) is 73.6 cm³/mol. The molecule has 3 heterocycles. The first-order chi connectivity index (χ1) is 9.25. The summed E-state index contributed by atoms with van der Waals surface area (Å²) in [5.41, 5.74) is 1.00. The molecule has 0 bridgehead atoms. The normalized spacial score (nSPS) is 29.5. The molecule has 0 spiro atoms. The molecule has 0 saturated carbocycles. The lowest BCUT2D eigenvalue weighted by atomic mass is 10.0. The minimum Gasteiger partial charge on any atom is -0.335 e. The van der Waals surface area contributed by atoms with E-state index < -0.39 is 0 Å². The van der Waals surface area contributed by atoms with Gasteiger partial charge in [0.15, 0.2) is 0 Å². The van der Waals surface area contributed by atoms with Crippen LogP contribution < -0.4 is 5.32 Å². The van der Waals surface area contributed by atoms with E-state index in [4.69, 9.17) is 0 Å². The number of hydrogen-bond donors (Lipinski definition) is 1. The number of rotatable bonds is 3. The van der Waals surface area contributed by atoms with Crippen LogP contribution in [0.5, 0.6) is 0 Å². The second-order valence-corrected chi connectivity index (χ2v) is 5.69. The topological polar surface area (TPSA) is 45.2 Å². The second kappa shape index (κ2) is 5.29. The summed E-state index contributed by atoms with van der Waals surface area (Å²) in [6.45, 7) is 4.21. The number of nitrogens with one attached hydrogen (secondary N) is 1. The van der Waals surface area contributed by atoms with E-state index in [0.717, 1.165) is 31.6 Å². The van der Waals surface area contributed by atoms with Crippen LogP contribution in [0.4, 0.5) is 0 Å². The molecule has 3 unspecified atom stereocenters. The number of pyridine rings is 1. The Kier molecular flexibility index (Phi) is 3.51. The zero-order chi connectivity index (χ0) is 13.2. The van der Waals surface area contributed by atoms with Gasteiger partial charge in [-0.3, -0.25) is 9.78 Å². The lowest BCUT2D eigenvalue weighted by Gasteiger charge is -2.27. The number of amides is 1. The number of fused-ring (bicyclic) bond motifs is 1. The highest BCUT2D eigenvalue weighted by Gasteiger charge is 2.43. The van der Waals surface area contributed by atoms with E-state index in [2.05, 4.69) is 22.1 Å². The number of aryl methyl sites for hydroxylation is 1. The summed E-state index contributed by atoms with van der Waals surface area (Å²) in [6, 6.07) is 6.69. The van der Waals surface area contributed by atoms with Crippen molar-refractivity contribution < 1.29 is 4.79 Å². The molecule has 0 aliphatic carbocycles. The fourth-order valence-electron chi connectivity index (χ4n) is 3.50. The van der Waals surface area contributed by atoms with Gasteiger partial charge in [-0.15, -0.1) is 0 Å². The molecular formula is C15H21N3O. The first kappa shape index (κ1) is 12.6. The van der Waals surface area contributed by atoms with Crippen LogP contribution in [0, 0.1) is 5.92 Å². The minimum atomic E-state index is 0.286. The first-order valence-electron chi connectivity index (χ1n) is 7.17. The van der Waals surface area contributed by atoms with Crippen LogP contribution in [-0.4, -0.2) is 41.0 Å². The molecule has 1 aromatic heterocycles. The largest absolute Gasteiger partial charge is 0.335 e. The Morgan fingerprint density at radius 3 is 3.16 bits per heavy atom. The summed E-state index contributed by atoms with van der Waals surface area (Å²) in [6.07, 6.45) is 4.25. The van der Waals surface area contributed by atoms with Crippen molar-refractivity contribution in [1.82, 2.24) is 15.2 Å². The molecule has 2 aliphatic rings. The summed E-state index contributed by atoms with van der Waals surface area (Å²) in [7, 11) is 0. The van der Waals surface area contributed by atoms with Crippen molar-refractivity contribution >= 4 is 5.91 Å². The van der Waals surface area contributed by atoms with Crippen LogP contribution in [0.1, 0.15) is 25.5 Å². The van der Waals surface area contributed by atoms with Crippen molar-refractivity contribution in [3.63, 3.8) is 0 Å². The summed E-state index contributed by atoms with van der Waals surface area (Å²) < 4.78 is 0. The van der Waals surface area contributed by atoms with E-state index in [1.165, 1.54) is 0 Å². The average molecular weight is 259 g/mol. The molecule has 4 heteroatoms. The van der Waals surface area contributed by atoms with Crippen molar-refractivity contribution in [3.05, 3.63) is 30.1 Å². The maximum atomic E-state index is 12.4. The van der Waals surface area contributed by atoms with Gasteiger partial charge in [-0.1, -0.05) is 6.07 Å². The van der Waals surface area contributed by atoms with E-state index in [9.17, 15) is 4.79 Å². The van der Waals surface area contributed by atoms with Crippen LogP contribution in [0.25, 0.3) is 0 Å². The van der Waals surface area contributed by atoms with Crippen molar-refractivity contribution in [2.45, 2.75) is 38.3 Å². The average Bonchev–Trinajstić information content (AvgIpc) is 2.97. The smallest absolute Gasteiger partial charge is 0.223 e. The van der Waals surface area contributed by atoms with Gasteiger partial charge in [-0.25, -0.2) is 0 Å². The Bertz CT molecular complexity index is 448. The number of aromatic nitrogens is 1. The Hall–Kier alpha value is -1.42. The van der Waals surface area contributed by atoms with Crippen molar-refractivity contribution in [1.29, 1.82) is 0 Å². The fourth-order valence-corrected chi connectivity index (χ4v) is 3.50. The third kappa shape index (κ3) is 2.50. The highest BCUT2D eigenvalue weighted by atomic mass is 16.2. The van der Waals surface area contributed by atoms with Crippen LogP contribution >= 0.6 is 0 Å². The van der Waals surface area contributed by atoms with Gasteiger partial charge in [-0.05, 0) is 37.8 Å². The van der Waals surface area contributed by atoms with E-state index in [1.54, 1.807) is 6.20 Å². The molecule has 19 heavy (non-hydrogen) atoms. The number of nitrogens with zero attached hydrogens (tertiary/aromatic N) is 2. The van der Waals surface area contributed by atoms with Gasteiger partial charge < -0.3 is 10.2 Å². The summed E-state index contributed by atoms with van der Waals surface area (Å²) in [4.78, 5) is 18.8. The van der Waals surface area contributed by atoms with Gasteiger partial charge in [0.1, 0.15) is 0 Å². The molecular weight excluding hydrogens is 238 g/mol. The summed E-state index contributed by atoms with van der Waals surface area (Å²) >= 11 is 0. The summed E-state index contributed by atoms with van der Waals surface area (Å²) in [5.74, 6) is 0.947. The predicted octanol–water partition coefficient (Wildman–Crippen LogP) is 1.22. The lowest BCUT2D eigenvalue weighted by molar-refractivity contribution is -0.133. The highest BCUT2D eigenvalue weighted by molar-refractivity contribution is 5.77. The highest BCUT2D eigenvalue weighted by Crippen LogP contribution is 2.32. The Labute approximate surface area is 114 Å². The maximum absolute atomic E-state index is 12.4. The number of likely N-dealkylation sites (tertiary alicyclic amines) is 1. The van der Waals surface area contributed by atoms with Gasteiger partial charge in [0.05, 0.1) is 0 Å². The molecule has 102 valence electrons. The fraction of sp³-hybridized carbons (Fsp3) is 0.600. The van der Waals surface area contributed by atoms with Crippen molar-refractivity contribution in [2.75, 3.05) is 13.1 Å². The van der Waals surface area contributed by atoms with E-state index in [1.807, 2.05) is 18.2 Å². The third-order valence-electron chi connectivity index (χ3n) is 4.39. The lowest BCUT2D eigenvalue weighted by Crippen LogP contribution is -2.42. The molecule has 0 radical (unpaired) electrons. The molecule has 2 saturated heterocycles. The van der Waals surface area contributed by atoms with Crippen LogP contribution in [0.15, 0.2) is 24.4 Å². The molecule has 1 N–H and O–H groups in total. The molecule has 1 amide bonds. The van der Waals surface area contributed by atoms with E-state index >= 15 is 0 Å². The molecule has 0 aromatic carbocycles. The molecule has 2 aliphatic heterocycles. The van der Waals surface area contributed by atoms with E-state index in [-0.39, 0.29) is 5.91 Å². The monoisotopic (exact) mass is 259 g/mol. The van der Waals surface area contributed by atoms with Crippen LogP contribution in [0.3, 0.4) is 0 Å². The number of carbonyl (C=O) groups is 1. The van der Waals surface area contributed by atoms with Crippen molar-refractivity contribution in [3.8, 4) is 0 Å². The van der Waals surface area contributed by atoms with Crippen molar-refractivity contribution in [2.24, 2.45) is 5.92 Å². The summed E-state index contributed by atoms with van der Waals surface area (Å²) in [5, 5.41) is 3.40. The minimum absolute atomic E-state index is 0.286. The van der Waals surface area contributed by atoms with Gasteiger partial charge in [0.2, 0.25) is 5.91 Å². The number of carbonyl (C=O) groups excluding carboxylic acids is 1. The van der Waals surface area contributed by atoms with Gasteiger partial charge in [-0.2, -0.15) is 0 Å². The zero-order valence-electron chi connectivity index (χ0n) is 11.4. The van der Waals surface area contributed by atoms with Crippen LogP contribution in [-0.2, 0) is 11.2 Å². The SMILES string of the molecule is CC1CC2CNCC2N1C(=O)CCc1ccccn1. The Morgan fingerprint density at radius 2 is 2.37 bits per heavy atom. The second-order valence-electron chi connectivity index (χ2n) is 5.69. The van der Waals surface area contributed by atoms with Crippen LogP contribution in [0.2, 0.25) is 0 Å². The molecule has 1 aromatic rings. The van der Waals surface area contributed by atoms with E-state index in [0.29, 0.717) is 24.4 Å². The Morgan fingerprint density at radius 1 is 1.47 bits per heavy atom. The zero-order valence-corrected chi connectivity index (χ0v) is 11.4. The molecule has 3 atom stereocenters. The molecule has 2 fully saturated rings. The van der Waals surface area contributed by atoms with Gasteiger partial charge in [0, 0.05) is 43.5 Å².